The third-order valence-corrected chi connectivity index (χ3v) is 3.93. The lowest BCUT2D eigenvalue weighted by molar-refractivity contribution is -0.117. The van der Waals surface area contributed by atoms with Gasteiger partial charge in [0.25, 0.3) is 0 Å². The van der Waals surface area contributed by atoms with E-state index in [1.54, 1.807) is 24.3 Å². The zero-order valence-electron chi connectivity index (χ0n) is 13.1. The van der Waals surface area contributed by atoms with E-state index in [-0.39, 0.29) is 11.6 Å². The van der Waals surface area contributed by atoms with Gasteiger partial charge in [0.05, 0.1) is 16.9 Å². The Hall–Kier alpha value is -2.77. The van der Waals surface area contributed by atoms with Crippen molar-refractivity contribution in [2.24, 2.45) is 0 Å². The predicted octanol–water partition coefficient (Wildman–Crippen LogP) is 3.39. The highest BCUT2D eigenvalue weighted by Crippen LogP contribution is 2.19. The topological polar surface area (TPSA) is 76.9 Å². The maximum Gasteiger partial charge on any atom is 0.365 e. The van der Waals surface area contributed by atoms with Crippen LogP contribution in [0.25, 0.3) is 11.3 Å². The summed E-state index contributed by atoms with van der Waals surface area (Å²) in [5.41, 5.74) is 0.676. The third kappa shape index (κ3) is 4.25. The molecule has 3 rings (SSSR count). The Morgan fingerprint density at radius 1 is 1.15 bits per heavy atom. The molecule has 0 saturated heterocycles. The molecule has 1 amide bonds. The van der Waals surface area contributed by atoms with Crippen LogP contribution in [0.15, 0.2) is 53.5 Å². The van der Waals surface area contributed by atoms with Crippen LogP contribution in [0.2, 0.25) is 10.0 Å². The lowest BCUT2D eigenvalue weighted by Gasteiger charge is -2.07. The number of hydrogen-bond acceptors (Lipinski definition) is 4. The van der Waals surface area contributed by atoms with Crippen molar-refractivity contribution in [1.29, 1.82) is 0 Å². The van der Waals surface area contributed by atoms with Gasteiger partial charge in [-0.2, -0.15) is 10.1 Å². The number of hydrogen-bond donors (Lipinski definition) is 1. The van der Waals surface area contributed by atoms with Crippen LogP contribution in [0, 0.1) is 5.82 Å². The number of nitrogens with one attached hydrogen (secondary N) is 1. The summed E-state index contributed by atoms with van der Waals surface area (Å²) in [7, 11) is 0. The number of amides is 1. The van der Waals surface area contributed by atoms with E-state index in [9.17, 15) is 14.0 Å². The average molecular weight is 393 g/mol. The SMILES string of the molecule is O=C(Cn1ncc(-c2ccc(Cl)cc2)nc1=O)Nc1ccc(F)c(Cl)c1. The molecule has 0 spiro atoms. The number of carbonyl (C=O) groups excluding carboxylic acids is 1. The van der Waals surface area contributed by atoms with Gasteiger partial charge in [-0.25, -0.2) is 13.9 Å². The van der Waals surface area contributed by atoms with Gasteiger partial charge >= 0.3 is 5.69 Å². The molecule has 0 saturated carbocycles. The Balaban J connectivity index is 1.73. The fraction of sp³-hybridized carbons (Fsp3) is 0.0588. The van der Waals surface area contributed by atoms with E-state index in [1.807, 2.05) is 0 Å². The van der Waals surface area contributed by atoms with E-state index in [2.05, 4.69) is 15.4 Å². The zero-order chi connectivity index (χ0) is 18.7. The third-order valence-electron chi connectivity index (χ3n) is 3.39. The van der Waals surface area contributed by atoms with Gasteiger partial charge in [0, 0.05) is 16.3 Å². The summed E-state index contributed by atoms with van der Waals surface area (Å²) in [6.07, 6.45) is 1.38. The van der Waals surface area contributed by atoms with Crippen molar-refractivity contribution in [1.82, 2.24) is 14.8 Å². The minimum absolute atomic E-state index is 0.118. The summed E-state index contributed by atoms with van der Waals surface area (Å²) in [6.45, 7) is -0.346. The molecule has 0 atom stereocenters. The number of nitrogens with zero attached hydrogens (tertiary/aromatic N) is 3. The summed E-state index contributed by atoms with van der Waals surface area (Å²) in [6, 6.07) is 10.5. The summed E-state index contributed by atoms with van der Waals surface area (Å²) in [4.78, 5) is 28.0. The Kier molecular flexibility index (Phi) is 5.29. The predicted molar refractivity (Wildman–Crippen MR) is 96.8 cm³/mol. The molecule has 0 aliphatic heterocycles. The van der Waals surface area contributed by atoms with Gasteiger partial charge in [0.2, 0.25) is 5.91 Å². The largest absolute Gasteiger partial charge is 0.365 e. The van der Waals surface area contributed by atoms with Gasteiger partial charge < -0.3 is 5.32 Å². The molecule has 1 heterocycles. The molecule has 0 aliphatic rings. The first-order chi connectivity index (χ1) is 12.4. The van der Waals surface area contributed by atoms with Crippen LogP contribution < -0.4 is 11.0 Å². The summed E-state index contributed by atoms with van der Waals surface area (Å²) in [5, 5.41) is 6.90. The van der Waals surface area contributed by atoms with Gasteiger partial charge in [-0.3, -0.25) is 4.79 Å². The monoisotopic (exact) mass is 392 g/mol. The first kappa shape index (κ1) is 18.0. The van der Waals surface area contributed by atoms with Crippen LogP contribution in [-0.2, 0) is 11.3 Å². The zero-order valence-corrected chi connectivity index (χ0v) is 14.6. The number of aromatic nitrogens is 3. The molecular weight excluding hydrogens is 382 g/mol. The lowest BCUT2D eigenvalue weighted by atomic mass is 10.2. The quantitative estimate of drug-likeness (QED) is 0.737. The normalized spacial score (nSPS) is 10.6. The van der Waals surface area contributed by atoms with Gasteiger partial charge in [0.1, 0.15) is 12.4 Å². The van der Waals surface area contributed by atoms with Crippen molar-refractivity contribution < 1.29 is 9.18 Å². The fourth-order valence-electron chi connectivity index (χ4n) is 2.14. The molecule has 6 nitrogen and oxygen atoms in total. The summed E-state index contributed by atoms with van der Waals surface area (Å²) < 4.78 is 14.0. The second-order valence-electron chi connectivity index (χ2n) is 5.27. The summed E-state index contributed by atoms with van der Waals surface area (Å²) in [5.74, 6) is -1.12. The molecule has 1 N–H and O–H groups in total. The first-order valence-corrected chi connectivity index (χ1v) is 8.13. The van der Waals surface area contributed by atoms with E-state index >= 15 is 0 Å². The van der Waals surface area contributed by atoms with Crippen molar-refractivity contribution >= 4 is 34.8 Å². The molecule has 26 heavy (non-hydrogen) atoms. The molecule has 0 bridgehead atoms. The summed E-state index contributed by atoms with van der Waals surface area (Å²) >= 11 is 11.5. The minimum Gasteiger partial charge on any atom is -0.324 e. The van der Waals surface area contributed by atoms with E-state index in [0.29, 0.717) is 22.0 Å². The molecule has 1 aromatic heterocycles. The van der Waals surface area contributed by atoms with Crippen LogP contribution in [0.1, 0.15) is 0 Å². The molecule has 0 unspecified atom stereocenters. The smallest absolute Gasteiger partial charge is 0.324 e. The van der Waals surface area contributed by atoms with Gasteiger partial charge in [-0.05, 0) is 30.3 Å². The first-order valence-electron chi connectivity index (χ1n) is 7.37. The molecule has 0 fully saturated rings. The Morgan fingerprint density at radius 3 is 2.54 bits per heavy atom. The molecule has 132 valence electrons. The van der Waals surface area contributed by atoms with Crippen LogP contribution in [-0.4, -0.2) is 20.7 Å². The molecule has 9 heteroatoms. The fourth-order valence-corrected chi connectivity index (χ4v) is 2.45. The van der Waals surface area contributed by atoms with Crippen LogP contribution in [0.3, 0.4) is 0 Å². The van der Waals surface area contributed by atoms with E-state index in [0.717, 1.165) is 10.7 Å². The number of halogens is 3. The van der Waals surface area contributed by atoms with Crippen LogP contribution >= 0.6 is 23.2 Å². The van der Waals surface area contributed by atoms with E-state index in [1.165, 1.54) is 18.3 Å². The van der Waals surface area contributed by atoms with Gasteiger partial charge in [0.15, 0.2) is 0 Å². The number of carbonyl (C=O) groups is 1. The van der Waals surface area contributed by atoms with Crippen molar-refractivity contribution in [3.05, 3.63) is 75.0 Å². The van der Waals surface area contributed by atoms with Crippen molar-refractivity contribution in [2.75, 3.05) is 5.32 Å². The Labute approximate surface area is 157 Å². The van der Waals surface area contributed by atoms with Crippen molar-refractivity contribution in [2.45, 2.75) is 6.54 Å². The number of anilines is 1. The van der Waals surface area contributed by atoms with Gasteiger partial charge in [-0.1, -0.05) is 35.3 Å². The Bertz CT molecular complexity index is 1020. The molecule has 2 aromatic carbocycles. The Morgan fingerprint density at radius 2 is 1.88 bits per heavy atom. The van der Waals surface area contributed by atoms with E-state index < -0.39 is 17.4 Å². The van der Waals surface area contributed by atoms with E-state index in [4.69, 9.17) is 23.2 Å². The highest BCUT2D eigenvalue weighted by Gasteiger charge is 2.10. The maximum atomic E-state index is 13.1. The van der Waals surface area contributed by atoms with Gasteiger partial charge in [-0.15, -0.1) is 0 Å². The standard InChI is InChI=1S/C17H11Cl2FN4O2/c18-11-3-1-10(2-4-11)15-8-21-24(17(26)23-15)9-16(25)22-12-5-6-14(20)13(19)7-12/h1-8H,9H2,(H,22,25). The maximum absolute atomic E-state index is 13.1. The number of rotatable bonds is 4. The second kappa shape index (κ2) is 7.63. The van der Waals surface area contributed by atoms with Crippen molar-refractivity contribution in [3.63, 3.8) is 0 Å². The highest BCUT2D eigenvalue weighted by atomic mass is 35.5. The van der Waals surface area contributed by atoms with Crippen LogP contribution in [0.4, 0.5) is 10.1 Å². The molecule has 0 aliphatic carbocycles. The number of benzene rings is 2. The molecule has 3 aromatic rings. The molecule has 0 radical (unpaired) electrons. The van der Waals surface area contributed by atoms with Crippen LogP contribution in [0.5, 0.6) is 0 Å². The lowest BCUT2D eigenvalue weighted by Crippen LogP contribution is -2.31. The van der Waals surface area contributed by atoms with Crippen molar-refractivity contribution in [3.8, 4) is 11.3 Å². The second-order valence-corrected chi connectivity index (χ2v) is 6.11. The average Bonchev–Trinajstić information content (AvgIpc) is 2.60. The highest BCUT2D eigenvalue weighted by molar-refractivity contribution is 6.31. The molecular formula is C17H11Cl2FN4O2. The minimum atomic E-state index is -0.676.